The molecular weight excluding hydrogens is 685 g/mol. The van der Waals surface area contributed by atoms with E-state index in [9.17, 15) is 0 Å². The van der Waals surface area contributed by atoms with E-state index in [2.05, 4.69) is 210 Å². The van der Waals surface area contributed by atoms with Gasteiger partial charge in [-0.1, -0.05) is 144 Å². The number of anilines is 3. The SMILES string of the molecule is CC(C)c1cc(C(C)C)c(B2c3ccccc3Oc3cc(N4c5ccccc5S(c5ccccc5)(c5ccccc5)c5ccccc54)ccc32)c(C(C)C)c1. The third kappa shape index (κ3) is 5.64. The van der Waals surface area contributed by atoms with Crippen molar-refractivity contribution in [2.24, 2.45) is 0 Å². The molecule has 0 fully saturated rings. The lowest BCUT2D eigenvalue weighted by Gasteiger charge is -2.50. The molecule has 2 aliphatic rings. The molecule has 0 atom stereocenters. The second-order valence-electron chi connectivity index (χ2n) is 15.9. The van der Waals surface area contributed by atoms with Gasteiger partial charge < -0.3 is 9.64 Å². The molecule has 0 aliphatic carbocycles. The second kappa shape index (κ2) is 14.0. The maximum Gasteiger partial charge on any atom is 0.251 e. The fourth-order valence-electron chi connectivity index (χ4n) is 8.96. The number of hydrogen-bond donors (Lipinski definition) is 0. The van der Waals surface area contributed by atoms with Crippen molar-refractivity contribution in [1.82, 2.24) is 0 Å². The van der Waals surface area contributed by atoms with Crippen LogP contribution in [0.15, 0.2) is 183 Å². The maximum atomic E-state index is 6.96. The third-order valence-electron chi connectivity index (χ3n) is 11.5. The van der Waals surface area contributed by atoms with Crippen LogP contribution in [0.3, 0.4) is 0 Å². The number of nitrogens with zero attached hydrogens (tertiary/aromatic N) is 1. The summed E-state index contributed by atoms with van der Waals surface area (Å²) in [5.41, 5.74) is 11.7. The summed E-state index contributed by atoms with van der Waals surface area (Å²) in [7, 11) is -1.83. The predicted octanol–water partition coefficient (Wildman–Crippen LogP) is 12.8. The molecule has 7 aromatic rings. The Labute approximate surface area is 329 Å². The highest BCUT2D eigenvalue weighted by Gasteiger charge is 2.43. The van der Waals surface area contributed by atoms with E-state index in [1.54, 1.807) is 0 Å². The molecule has 0 N–H and O–H groups in total. The van der Waals surface area contributed by atoms with E-state index in [-0.39, 0.29) is 6.71 Å². The van der Waals surface area contributed by atoms with E-state index >= 15 is 0 Å². The average molecular weight is 734 g/mol. The van der Waals surface area contributed by atoms with Gasteiger partial charge in [0.1, 0.15) is 11.5 Å². The normalized spacial score (nSPS) is 14.6. The highest BCUT2D eigenvalue weighted by molar-refractivity contribution is 8.34. The summed E-state index contributed by atoms with van der Waals surface area (Å²) >= 11 is 0. The van der Waals surface area contributed by atoms with Crippen molar-refractivity contribution in [1.29, 1.82) is 0 Å². The lowest BCUT2D eigenvalue weighted by Crippen LogP contribution is -2.57. The predicted molar refractivity (Wildman–Crippen MR) is 235 cm³/mol. The smallest absolute Gasteiger partial charge is 0.251 e. The zero-order valence-electron chi connectivity index (χ0n) is 32.7. The summed E-state index contributed by atoms with van der Waals surface area (Å²) in [5, 5.41) is 0. The van der Waals surface area contributed by atoms with Gasteiger partial charge in [0.05, 0.1) is 11.4 Å². The van der Waals surface area contributed by atoms with Gasteiger partial charge in [0, 0.05) is 31.3 Å². The van der Waals surface area contributed by atoms with Crippen molar-refractivity contribution >= 4 is 50.2 Å². The lowest BCUT2D eigenvalue weighted by molar-refractivity contribution is 0.487. The van der Waals surface area contributed by atoms with Gasteiger partial charge >= 0.3 is 0 Å². The van der Waals surface area contributed by atoms with Gasteiger partial charge in [0.25, 0.3) is 6.71 Å². The molecule has 55 heavy (non-hydrogen) atoms. The first kappa shape index (κ1) is 35.3. The van der Waals surface area contributed by atoms with E-state index < -0.39 is 10.0 Å². The first-order valence-corrected chi connectivity index (χ1v) is 21.4. The van der Waals surface area contributed by atoms with Crippen LogP contribution >= 0.6 is 10.0 Å². The van der Waals surface area contributed by atoms with Crippen molar-refractivity contribution in [3.05, 3.63) is 180 Å². The average Bonchev–Trinajstić information content (AvgIpc) is 3.21. The van der Waals surface area contributed by atoms with Crippen molar-refractivity contribution in [2.75, 3.05) is 4.90 Å². The molecule has 2 heterocycles. The molecule has 4 heteroatoms. The van der Waals surface area contributed by atoms with Crippen LogP contribution in [0.4, 0.5) is 17.1 Å². The molecule has 9 rings (SSSR count). The summed E-state index contributed by atoms with van der Waals surface area (Å²) in [5.74, 6) is 3.07. The van der Waals surface area contributed by atoms with Gasteiger partial charge in [-0.25, -0.2) is 0 Å². The fourth-order valence-corrected chi connectivity index (χ4v) is 13.1. The first-order chi connectivity index (χ1) is 26.8. The quantitative estimate of drug-likeness (QED) is 0.151. The number of para-hydroxylation sites is 3. The Balaban J connectivity index is 1.28. The van der Waals surface area contributed by atoms with Crippen LogP contribution in [0.2, 0.25) is 0 Å². The molecule has 0 amide bonds. The van der Waals surface area contributed by atoms with Gasteiger partial charge in [0.2, 0.25) is 0 Å². The number of benzene rings is 7. The van der Waals surface area contributed by atoms with Gasteiger partial charge in [0.15, 0.2) is 0 Å². The molecule has 0 saturated carbocycles. The van der Waals surface area contributed by atoms with Gasteiger partial charge in [-0.15, -0.1) is 10.0 Å². The van der Waals surface area contributed by atoms with Crippen molar-refractivity contribution < 1.29 is 4.74 Å². The Kier molecular flexibility index (Phi) is 8.98. The molecule has 0 aromatic heterocycles. The van der Waals surface area contributed by atoms with E-state index in [4.69, 9.17) is 4.74 Å². The Morgan fingerprint density at radius 2 is 0.964 bits per heavy atom. The Morgan fingerprint density at radius 3 is 1.51 bits per heavy atom. The summed E-state index contributed by atoms with van der Waals surface area (Å²) in [4.78, 5) is 7.80. The number of hydrogen-bond acceptors (Lipinski definition) is 2. The van der Waals surface area contributed by atoms with Gasteiger partial charge in [-0.05, 0) is 106 Å². The van der Waals surface area contributed by atoms with Crippen molar-refractivity contribution in [2.45, 2.75) is 78.9 Å². The van der Waals surface area contributed by atoms with Gasteiger partial charge in [-0.3, -0.25) is 0 Å². The highest BCUT2D eigenvalue weighted by atomic mass is 32.3. The largest absolute Gasteiger partial charge is 0.458 e. The molecule has 0 radical (unpaired) electrons. The van der Waals surface area contributed by atoms with Crippen LogP contribution in [-0.4, -0.2) is 6.71 Å². The maximum absolute atomic E-state index is 6.96. The van der Waals surface area contributed by atoms with Gasteiger partial charge in [-0.2, -0.15) is 0 Å². The van der Waals surface area contributed by atoms with Crippen molar-refractivity contribution in [3.63, 3.8) is 0 Å². The van der Waals surface area contributed by atoms with Crippen LogP contribution in [0.25, 0.3) is 0 Å². The Bertz CT molecular complexity index is 2410. The molecule has 0 spiro atoms. The topological polar surface area (TPSA) is 12.5 Å². The second-order valence-corrected chi connectivity index (χ2v) is 18.9. The molecule has 7 aromatic carbocycles. The molecule has 272 valence electrons. The molecule has 2 aliphatic heterocycles. The molecule has 0 bridgehead atoms. The highest BCUT2D eigenvalue weighted by Crippen LogP contribution is 2.79. The first-order valence-electron chi connectivity index (χ1n) is 19.8. The summed E-state index contributed by atoms with van der Waals surface area (Å²) in [6.07, 6.45) is 0. The molecule has 0 unspecified atom stereocenters. The molecular formula is C51H48BNOS. The zero-order valence-corrected chi connectivity index (χ0v) is 33.5. The van der Waals surface area contributed by atoms with Crippen LogP contribution in [0, 0.1) is 0 Å². The van der Waals surface area contributed by atoms with Crippen molar-refractivity contribution in [3.8, 4) is 11.5 Å². The van der Waals surface area contributed by atoms with E-state index in [1.807, 2.05) is 0 Å². The van der Waals surface area contributed by atoms with Crippen LogP contribution in [-0.2, 0) is 0 Å². The minimum Gasteiger partial charge on any atom is -0.458 e. The van der Waals surface area contributed by atoms with Crippen LogP contribution in [0.1, 0.15) is 76.0 Å². The Morgan fingerprint density at radius 1 is 0.473 bits per heavy atom. The minimum absolute atomic E-state index is 0.0548. The number of fused-ring (bicyclic) bond motifs is 4. The Hall–Kier alpha value is -5.45. The van der Waals surface area contributed by atoms with E-state index in [0.717, 1.165) is 17.2 Å². The minimum atomic E-state index is -1.83. The lowest BCUT2D eigenvalue weighted by atomic mass is 9.34. The fraction of sp³-hybridized carbons (Fsp3) is 0.176. The summed E-state index contributed by atoms with van der Waals surface area (Å²) in [6, 6.07) is 61.0. The zero-order chi connectivity index (χ0) is 37.8. The van der Waals surface area contributed by atoms with E-state index in [0.29, 0.717) is 17.8 Å². The van der Waals surface area contributed by atoms with Crippen LogP contribution < -0.4 is 26.0 Å². The third-order valence-corrected chi connectivity index (χ3v) is 15.5. The summed E-state index contributed by atoms with van der Waals surface area (Å²) < 4.78 is 6.96. The molecule has 0 saturated heterocycles. The molecule has 2 nitrogen and oxygen atoms in total. The number of ether oxygens (including phenoxy) is 1. The summed E-state index contributed by atoms with van der Waals surface area (Å²) in [6.45, 7) is 14.1. The van der Waals surface area contributed by atoms with E-state index in [1.165, 1.54) is 64.0 Å². The standard InChI is InChI=1S/C51H48BNOS/c1-34(2)37-31-41(35(3)4)51(42(32-37)36(5)6)52-43-23-13-16-26-47(43)54-48-33-38(29-30-44(48)52)53-45-24-14-17-27-49(45)55(39-19-9-7-10-20-39,40-21-11-8-12-22-40)50-28-18-15-25-46(50)53/h7-36H,1-6H3. The number of rotatable bonds is 7. The van der Waals surface area contributed by atoms with Crippen LogP contribution in [0.5, 0.6) is 11.5 Å². The monoisotopic (exact) mass is 733 g/mol.